The van der Waals surface area contributed by atoms with E-state index in [2.05, 4.69) is 57.9 Å². The number of hydrogen-bond acceptors (Lipinski definition) is 0. The molecule has 0 saturated carbocycles. The van der Waals surface area contributed by atoms with E-state index in [1.54, 1.807) is 0 Å². The molecule has 0 fully saturated rings. The van der Waals surface area contributed by atoms with Crippen molar-refractivity contribution in [3.05, 3.63) is 40.6 Å². The summed E-state index contributed by atoms with van der Waals surface area (Å²) < 4.78 is 2.28. The Bertz CT molecular complexity index is 539. The van der Waals surface area contributed by atoms with Gasteiger partial charge in [-0.05, 0) is 51.5 Å². The fourth-order valence-electron chi connectivity index (χ4n) is 2.20. The van der Waals surface area contributed by atoms with Crippen LogP contribution in [0.3, 0.4) is 0 Å². The molecular weight excluding hydrogens is 194 g/mol. The van der Waals surface area contributed by atoms with Gasteiger partial charge in [-0.3, -0.25) is 0 Å². The molecule has 0 radical (unpaired) electrons. The number of hydrogen-bond donors (Lipinski definition) is 0. The summed E-state index contributed by atoms with van der Waals surface area (Å²) in [5.74, 6) is 0. The van der Waals surface area contributed by atoms with Crippen LogP contribution in [-0.4, -0.2) is 4.57 Å². The maximum absolute atomic E-state index is 3.75. The molecule has 0 atom stereocenters. The van der Waals surface area contributed by atoms with Crippen LogP contribution in [0.4, 0.5) is 0 Å². The van der Waals surface area contributed by atoms with Gasteiger partial charge in [0, 0.05) is 16.7 Å². The largest absolute Gasteiger partial charge is 0.318 e. The molecule has 0 bridgehead atoms. The van der Waals surface area contributed by atoms with Gasteiger partial charge in [0.1, 0.15) is 0 Å². The third kappa shape index (κ3) is 1.90. The van der Waals surface area contributed by atoms with Crippen molar-refractivity contribution in [1.82, 2.24) is 4.57 Å². The van der Waals surface area contributed by atoms with Gasteiger partial charge in [-0.2, -0.15) is 0 Å². The van der Waals surface area contributed by atoms with E-state index in [0.29, 0.717) is 0 Å². The number of nitrogens with zero attached hydrogens (tertiary/aromatic N) is 1. The molecule has 1 nitrogen and oxygen atoms in total. The first kappa shape index (κ1) is 12.6. The molecule has 16 heavy (non-hydrogen) atoms. The summed E-state index contributed by atoms with van der Waals surface area (Å²) in [7, 11) is 0. The predicted molar refractivity (Wildman–Crippen MR) is 73.6 cm³/mol. The zero-order valence-electron chi connectivity index (χ0n) is 11.0. The van der Waals surface area contributed by atoms with Gasteiger partial charge in [0.05, 0.1) is 0 Å². The van der Waals surface area contributed by atoms with Crippen molar-refractivity contribution in [2.24, 2.45) is 0 Å². The average Bonchev–Trinajstić information content (AvgIpc) is 2.51. The molecule has 0 amide bonds. The third-order valence-corrected chi connectivity index (χ3v) is 3.07. The Labute approximate surface area is 98.1 Å². The van der Waals surface area contributed by atoms with E-state index in [9.17, 15) is 0 Å². The topological polar surface area (TPSA) is 4.93 Å². The highest BCUT2D eigenvalue weighted by atomic mass is 15.0. The number of rotatable bonds is 2. The van der Waals surface area contributed by atoms with Gasteiger partial charge < -0.3 is 4.57 Å². The van der Waals surface area contributed by atoms with Gasteiger partial charge in [-0.1, -0.05) is 24.8 Å². The van der Waals surface area contributed by atoms with Crippen LogP contribution in [0.2, 0.25) is 0 Å². The van der Waals surface area contributed by atoms with E-state index < -0.39 is 0 Å². The third-order valence-electron chi connectivity index (χ3n) is 3.07. The molecule has 1 aromatic heterocycles. The molecule has 0 aliphatic carbocycles. The molecule has 0 saturated heterocycles. The molecule has 0 spiro atoms. The van der Waals surface area contributed by atoms with Crippen LogP contribution in [0.25, 0.3) is 17.8 Å². The van der Waals surface area contributed by atoms with Crippen LogP contribution < -0.4 is 10.6 Å². The second-order valence-electron chi connectivity index (χ2n) is 3.97. The lowest BCUT2D eigenvalue weighted by molar-refractivity contribution is 0.986. The van der Waals surface area contributed by atoms with Crippen LogP contribution in [0, 0.1) is 13.8 Å². The second-order valence-corrected chi connectivity index (χ2v) is 3.97. The standard InChI is InChI=1S/C15H21N/c1-7-10-11(4)16-13(6)12(5)14(8-2)15(16)9-3/h7-10H,1H2,2-6H3/b11-10+,14-8-,15-9+. The van der Waals surface area contributed by atoms with Gasteiger partial charge in [0.25, 0.3) is 0 Å². The number of aromatic nitrogens is 1. The molecule has 1 heterocycles. The normalized spacial score (nSPS) is 14.7. The molecule has 1 rings (SSSR count). The summed E-state index contributed by atoms with van der Waals surface area (Å²) in [4.78, 5) is 0. The van der Waals surface area contributed by atoms with E-state index in [4.69, 9.17) is 0 Å². The Morgan fingerprint density at radius 1 is 1.19 bits per heavy atom. The van der Waals surface area contributed by atoms with Crippen molar-refractivity contribution in [2.45, 2.75) is 34.6 Å². The maximum atomic E-state index is 3.75. The monoisotopic (exact) mass is 215 g/mol. The highest BCUT2D eigenvalue weighted by Gasteiger charge is 2.07. The zero-order chi connectivity index (χ0) is 12.3. The van der Waals surface area contributed by atoms with Crippen LogP contribution in [0.15, 0.2) is 18.7 Å². The average molecular weight is 215 g/mol. The molecule has 0 N–H and O–H groups in total. The predicted octanol–water partition coefficient (Wildman–Crippen LogP) is 2.75. The maximum Gasteiger partial charge on any atom is 0.0484 e. The van der Waals surface area contributed by atoms with Gasteiger partial charge in [0.15, 0.2) is 0 Å². The van der Waals surface area contributed by atoms with E-state index in [0.717, 1.165) is 0 Å². The lowest BCUT2D eigenvalue weighted by Crippen LogP contribution is -2.28. The summed E-state index contributed by atoms with van der Waals surface area (Å²) in [6.45, 7) is 14.4. The Morgan fingerprint density at radius 3 is 2.25 bits per heavy atom. The lowest BCUT2D eigenvalue weighted by Gasteiger charge is -2.07. The van der Waals surface area contributed by atoms with Crippen LogP contribution in [0.5, 0.6) is 0 Å². The van der Waals surface area contributed by atoms with Crippen LogP contribution >= 0.6 is 0 Å². The van der Waals surface area contributed by atoms with Crippen molar-refractivity contribution >= 4 is 17.8 Å². The highest BCUT2D eigenvalue weighted by Crippen LogP contribution is 2.07. The molecule has 0 unspecified atom stereocenters. The molecule has 1 heteroatoms. The van der Waals surface area contributed by atoms with E-state index in [1.807, 2.05) is 12.2 Å². The fraction of sp³-hybridized carbons (Fsp3) is 0.333. The Balaban J connectivity index is 3.79. The Morgan fingerprint density at radius 2 is 1.81 bits per heavy atom. The molecule has 0 aliphatic rings. The van der Waals surface area contributed by atoms with E-state index in [1.165, 1.54) is 27.5 Å². The van der Waals surface area contributed by atoms with Crippen molar-refractivity contribution in [3.63, 3.8) is 0 Å². The minimum absolute atomic E-state index is 1.21. The molecule has 0 aliphatic heterocycles. The van der Waals surface area contributed by atoms with Crippen LogP contribution in [0.1, 0.15) is 32.0 Å². The smallest absolute Gasteiger partial charge is 0.0484 e. The highest BCUT2D eigenvalue weighted by molar-refractivity contribution is 5.51. The van der Waals surface area contributed by atoms with Crippen molar-refractivity contribution in [3.8, 4) is 0 Å². The van der Waals surface area contributed by atoms with Crippen molar-refractivity contribution < 1.29 is 0 Å². The first-order valence-corrected chi connectivity index (χ1v) is 5.68. The summed E-state index contributed by atoms with van der Waals surface area (Å²) in [6, 6.07) is 0. The molecule has 1 aromatic rings. The first-order valence-electron chi connectivity index (χ1n) is 5.68. The van der Waals surface area contributed by atoms with Gasteiger partial charge in [0.2, 0.25) is 0 Å². The zero-order valence-corrected chi connectivity index (χ0v) is 11.0. The van der Waals surface area contributed by atoms with Gasteiger partial charge >= 0.3 is 0 Å². The van der Waals surface area contributed by atoms with Gasteiger partial charge in [-0.15, -0.1) is 0 Å². The lowest BCUT2D eigenvalue weighted by atomic mass is 10.2. The summed E-state index contributed by atoms with van der Waals surface area (Å²) in [5, 5.41) is 2.60. The minimum Gasteiger partial charge on any atom is -0.318 e. The first-order chi connectivity index (χ1) is 7.58. The van der Waals surface area contributed by atoms with E-state index >= 15 is 0 Å². The SMILES string of the molecule is C=C/C=C(\C)n1c(C)c(C)c(=C/C)/c1=C\C. The summed E-state index contributed by atoms with van der Waals surface area (Å²) in [6.07, 6.45) is 8.21. The summed E-state index contributed by atoms with van der Waals surface area (Å²) in [5.41, 5.74) is 3.86. The Kier molecular flexibility index (Phi) is 3.94. The van der Waals surface area contributed by atoms with Crippen molar-refractivity contribution in [2.75, 3.05) is 0 Å². The van der Waals surface area contributed by atoms with Gasteiger partial charge in [-0.25, -0.2) is 0 Å². The second kappa shape index (κ2) is 5.02. The Hall–Kier alpha value is -1.50. The fourth-order valence-corrected chi connectivity index (χ4v) is 2.20. The molecular formula is C15H21N. The van der Waals surface area contributed by atoms with Crippen LogP contribution in [-0.2, 0) is 0 Å². The van der Waals surface area contributed by atoms with E-state index in [-0.39, 0.29) is 0 Å². The number of allylic oxidation sites excluding steroid dienone is 3. The van der Waals surface area contributed by atoms with Crippen molar-refractivity contribution in [1.29, 1.82) is 0 Å². The molecule has 0 aromatic carbocycles. The molecule has 86 valence electrons. The minimum atomic E-state index is 1.21. The quantitative estimate of drug-likeness (QED) is 0.669. The summed E-state index contributed by atoms with van der Waals surface area (Å²) >= 11 is 0.